The molecule has 0 aliphatic carbocycles. The van der Waals surface area contributed by atoms with Gasteiger partial charge in [0.1, 0.15) is 5.75 Å². The molecule has 0 unspecified atom stereocenters. The highest BCUT2D eigenvalue weighted by Gasteiger charge is 2.09. The van der Waals surface area contributed by atoms with Crippen molar-refractivity contribution in [1.82, 2.24) is 10.2 Å². The normalized spacial score (nSPS) is 9.85. The maximum Gasteiger partial charge on any atom is 0.276 e. The zero-order chi connectivity index (χ0) is 18.4. The van der Waals surface area contributed by atoms with Crippen molar-refractivity contribution >= 4 is 23.1 Å². The minimum Gasteiger partial charge on any atom is -0.497 e. The first-order valence-electron chi connectivity index (χ1n) is 7.74. The predicted molar refractivity (Wildman–Crippen MR) is 97.4 cm³/mol. The van der Waals surface area contributed by atoms with E-state index in [1.54, 1.807) is 43.5 Å². The van der Waals surface area contributed by atoms with Gasteiger partial charge in [-0.1, -0.05) is 6.07 Å². The number of amides is 1. The van der Waals surface area contributed by atoms with Crippen molar-refractivity contribution in [3.63, 3.8) is 0 Å². The van der Waals surface area contributed by atoms with Crippen LogP contribution in [0.3, 0.4) is 0 Å². The summed E-state index contributed by atoms with van der Waals surface area (Å²) in [6.07, 6.45) is 0. The van der Waals surface area contributed by atoms with Crippen LogP contribution in [0, 0.1) is 11.3 Å². The Balaban J connectivity index is 1.66. The number of hydrogen-bond acceptors (Lipinski definition) is 6. The molecule has 26 heavy (non-hydrogen) atoms. The molecule has 3 aromatic rings. The van der Waals surface area contributed by atoms with Gasteiger partial charge in [0.15, 0.2) is 11.5 Å². The van der Waals surface area contributed by atoms with Crippen LogP contribution < -0.4 is 15.4 Å². The van der Waals surface area contributed by atoms with Gasteiger partial charge in [-0.25, -0.2) is 0 Å². The summed E-state index contributed by atoms with van der Waals surface area (Å²) < 4.78 is 5.17. The predicted octanol–water partition coefficient (Wildman–Crippen LogP) is 3.35. The van der Waals surface area contributed by atoms with Crippen LogP contribution in [0.15, 0.2) is 60.7 Å². The molecular formula is C19H15N5O2. The highest BCUT2D eigenvalue weighted by Crippen LogP contribution is 2.20. The second-order valence-electron chi connectivity index (χ2n) is 5.30. The molecule has 0 bridgehead atoms. The van der Waals surface area contributed by atoms with E-state index in [1.165, 1.54) is 0 Å². The number of benzene rings is 2. The lowest BCUT2D eigenvalue weighted by Crippen LogP contribution is -2.14. The summed E-state index contributed by atoms with van der Waals surface area (Å²) in [4.78, 5) is 12.2. The van der Waals surface area contributed by atoms with Gasteiger partial charge in [0, 0.05) is 17.4 Å². The Bertz CT molecular complexity index is 947. The van der Waals surface area contributed by atoms with Crippen molar-refractivity contribution < 1.29 is 9.53 Å². The number of carbonyl (C=O) groups is 1. The number of nitrogens with one attached hydrogen (secondary N) is 2. The molecule has 0 radical (unpaired) electrons. The second kappa shape index (κ2) is 7.77. The SMILES string of the molecule is COc1cccc(Nc2ccc(C(=O)Nc3ccc(C#N)cc3)nn2)c1. The molecule has 1 heterocycles. The Hall–Kier alpha value is -3.92. The van der Waals surface area contributed by atoms with E-state index in [0.29, 0.717) is 17.1 Å². The highest BCUT2D eigenvalue weighted by atomic mass is 16.5. The first kappa shape index (κ1) is 16.9. The van der Waals surface area contributed by atoms with Crippen LogP contribution in [0.2, 0.25) is 0 Å². The lowest BCUT2D eigenvalue weighted by atomic mass is 10.2. The van der Waals surface area contributed by atoms with Crippen LogP contribution in [0.25, 0.3) is 0 Å². The van der Waals surface area contributed by atoms with Crippen molar-refractivity contribution in [3.8, 4) is 11.8 Å². The van der Waals surface area contributed by atoms with E-state index in [1.807, 2.05) is 30.3 Å². The summed E-state index contributed by atoms with van der Waals surface area (Å²) in [5.74, 6) is 0.852. The molecule has 128 valence electrons. The van der Waals surface area contributed by atoms with E-state index < -0.39 is 0 Å². The van der Waals surface area contributed by atoms with Gasteiger partial charge >= 0.3 is 0 Å². The Morgan fingerprint density at radius 1 is 1.04 bits per heavy atom. The van der Waals surface area contributed by atoms with E-state index in [0.717, 1.165) is 11.4 Å². The lowest BCUT2D eigenvalue weighted by molar-refractivity contribution is 0.102. The third-order valence-electron chi connectivity index (χ3n) is 3.51. The number of nitrogens with zero attached hydrogens (tertiary/aromatic N) is 3. The number of methoxy groups -OCH3 is 1. The van der Waals surface area contributed by atoms with Crippen LogP contribution in [0.1, 0.15) is 16.1 Å². The monoisotopic (exact) mass is 345 g/mol. The summed E-state index contributed by atoms with van der Waals surface area (Å²) in [6, 6.07) is 19.2. The van der Waals surface area contributed by atoms with Gasteiger partial charge in [0.05, 0.1) is 18.7 Å². The van der Waals surface area contributed by atoms with Gasteiger partial charge in [-0.05, 0) is 48.5 Å². The van der Waals surface area contributed by atoms with Crippen molar-refractivity contribution in [2.75, 3.05) is 17.7 Å². The molecule has 7 nitrogen and oxygen atoms in total. The van der Waals surface area contributed by atoms with Crippen molar-refractivity contribution in [2.45, 2.75) is 0 Å². The molecular weight excluding hydrogens is 330 g/mol. The van der Waals surface area contributed by atoms with E-state index in [-0.39, 0.29) is 11.6 Å². The Morgan fingerprint density at radius 3 is 2.50 bits per heavy atom. The zero-order valence-corrected chi connectivity index (χ0v) is 13.9. The average Bonchev–Trinajstić information content (AvgIpc) is 2.69. The summed E-state index contributed by atoms with van der Waals surface area (Å²) >= 11 is 0. The third kappa shape index (κ3) is 4.13. The molecule has 0 saturated carbocycles. The van der Waals surface area contributed by atoms with Gasteiger partial charge < -0.3 is 15.4 Å². The molecule has 0 aliphatic heterocycles. The third-order valence-corrected chi connectivity index (χ3v) is 3.51. The number of aromatic nitrogens is 2. The summed E-state index contributed by atoms with van der Waals surface area (Å²) in [7, 11) is 1.60. The Morgan fingerprint density at radius 2 is 1.85 bits per heavy atom. The van der Waals surface area contributed by atoms with Crippen LogP contribution in [0.4, 0.5) is 17.2 Å². The molecule has 3 rings (SSSR count). The van der Waals surface area contributed by atoms with E-state index in [9.17, 15) is 4.79 Å². The molecule has 2 N–H and O–H groups in total. The largest absolute Gasteiger partial charge is 0.497 e. The summed E-state index contributed by atoms with van der Waals surface area (Å²) in [6.45, 7) is 0. The minimum atomic E-state index is -0.380. The van der Waals surface area contributed by atoms with Gasteiger partial charge in [0.25, 0.3) is 5.91 Å². The number of rotatable bonds is 5. The van der Waals surface area contributed by atoms with E-state index in [2.05, 4.69) is 20.8 Å². The molecule has 7 heteroatoms. The number of nitriles is 1. The number of ether oxygens (including phenoxy) is 1. The fraction of sp³-hybridized carbons (Fsp3) is 0.0526. The van der Waals surface area contributed by atoms with Gasteiger partial charge in [0.2, 0.25) is 0 Å². The van der Waals surface area contributed by atoms with Gasteiger partial charge in [-0.3, -0.25) is 4.79 Å². The Labute approximate surface area is 150 Å². The Kier molecular flexibility index (Phi) is 5.05. The van der Waals surface area contributed by atoms with Crippen LogP contribution in [0.5, 0.6) is 5.75 Å². The van der Waals surface area contributed by atoms with Crippen LogP contribution >= 0.6 is 0 Å². The van der Waals surface area contributed by atoms with Gasteiger partial charge in [-0.2, -0.15) is 5.26 Å². The topological polar surface area (TPSA) is 99.9 Å². The van der Waals surface area contributed by atoms with Crippen molar-refractivity contribution in [1.29, 1.82) is 5.26 Å². The number of anilines is 3. The molecule has 0 fully saturated rings. The first-order valence-corrected chi connectivity index (χ1v) is 7.74. The maximum absolute atomic E-state index is 12.2. The quantitative estimate of drug-likeness (QED) is 0.735. The van der Waals surface area contributed by atoms with E-state index >= 15 is 0 Å². The second-order valence-corrected chi connectivity index (χ2v) is 5.30. The number of hydrogen-bond donors (Lipinski definition) is 2. The average molecular weight is 345 g/mol. The van der Waals surface area contributed by atoms with Crippen LogP contribution in [-0.4, -0.2) is 23.2 Å². The lowest BCUT2D eigenvalue weighted by Gasteiger charge is -2.08. The van der Waals surface area contributed by atoms with Crippen molar-refractivity contribution in [2.24, 2.45) is 0 Å². The van der Waals surface area contributed by atoms with Crippen LogP contribution in [-0.2, 0) is 0 Å². The number of carbonyl (C=O) groups excluding carboxylic acids is 1. The molecule has 1 amide bonds. The maximum atomic E-state index is 12.2. The fourth-order valence-electron chi connectivity index (χ4n) is 2.19. The molecule has 2 aromatic carbocycles. The molecule has 0 atom stereocenters. The smallest absolute Gasteiger partial charge is 0.276 e. The molecule has 0 saturated heterocycles. The highest BCUT2D eigenvalue weighted by molar-refractivity contribution is 6.02. The summed E-state index contributed by atoms with van der Waals surface area (Å²) in [5.41, 5.74) is 2.09. The summed E-state index contributed by atoms with van der Waals surface area (Å²) in [5, 5.41) is 22.5. The molecule has 1 aromatic heterocycles. The molecule has 0 spiro atoms. The first-order chi connectivity index (χ1) is 12.7. The fourth-order valence-corrected chi connectivity index (χ4v) is 2.19. The zero-order valence-electron chi connectivity index (χ0n) is 13.9. The van der Waals surface area contributed by atoms with Gasteiger partial charge in [-0.15, -0.1) is 10.2 Å². The molecule has 0 aliphatic rings. The van der Waals surface area contributed by atoms with Crippen molar-refractivity contribution in [3.05, 3.63) is 71.9 Å². The van der Waals surface area contributed by atoms with E-state index in [4.69, 9.17) is 10.00 Å². The standard InChI is InChI=1S/C19H15N5O2/c1-26-16-4-2-3-15(11-16)21-18-10-9-17(23-24-18)19(25)22-14-7-5-13(12-20)6-8-14/h2-11H,1H3,(H,21,24)(H,22,25). The minimum absolute atomic E-state index is 0.186.